The number of hydrogen-bond acceptors (Lipinski definition) is 6. The third-order valence-electron chi connectivity index (χ3n) is 12.3. The van der Waals surface area contributed by atoms with E-state index in [1.54, 1.807) is 0 Å². The number of aromatic nitrogens is 3. The fourth-order valence-corrected chi connectivity index (χ4v) is 9.89. The van der Waals surface area contributed by atoms with Crippen molar-refractivity contribution in [3.63, 3.8) is 0 Å². The quantitative estimate of drug-likeness (QED) is 0.155. The summed E-state index contributed by atoms with van der Waals surface area (Å²) >= 11 is 1.85. The summed E-state index contributed by atoms with van der Waals surface area (Å²) in [6.45, 7) is 7.53. The monoisotopic (exact) mass is 783 g/mol. The van der Waals surface area contributed by atoms with E-state index in [1.807, 2.05) is 100 Å². The molecule has 1 aliphatic carbocycles. The molecular formula is C52H42BN3O2S. The zero-order valence-corrected chi connectivity index (χ0v) is 34.3. The van der Waals surface area contributed by atoms with Gasteiger partial charge in [0, 0.05) is 26.5 Å². The highest BCUT2D eigenvalue weighted by atomic mass is 32.2. The van der Waals surface area contributed by atoms with E-state index in [1.165, 1.54) is 48.7 Å². The van der Waals surface area contributed by atoms with Crippen molar-refractivity contribution in [2.24, 2.45) is 0 Å². The maximum Gasteiger partial charge on any atom is 0.310 e. The first-order valence-electron chi connectivity index (χ1n) is 20.1. The van der Waals surface area contributed by atoms with Crippen LogP contribution in [0.5, 0.6) is 0 Å². The summed E-state index contributed by atoms with van der Waals surface area (Å²) in [6, 6.07) is 60.0. The van der Waals surface area contributed by atoms with E-state index in [0.717, 1.165) is 27.7 Å². The lowest BCUT2D eigenvalue weighted by atomic mass is 9.66. The third-order valence-corrected chi connectivity index (χ3v) is 13.5. The zero-order chi connectivity index (χ0) is 40.4. The van der Waals surface area contributed by atoms with E-state index < -0.39 is 16.6 Å². The molecule has 0 saturated carbocycles. The highest BCUT2D eigenvalue weighted by Crippen LogP contribution is 2.63. The summed E-state index contributed by atoms with van der Waals surface area (Å²) in [4.78, 5) is 17.3. The first-order valence-corrected chi connectivity index (χ1v) is 20.9. The maximum absolute atomic E-state index is 11.0. The lowest BCUT2D eigenvalue weighted by molar-refractivity contribution is -0.0893. The summed E-state index contributed by atoms with van der Waals surface area (Å²) in [5.74, 6) is 1.92. The minimum atomic E-state index is -1.02. The minimum absolute atomic E-state index is 0.376. The van der Waals surface area contributed by atoms with Gasteiger partial charge in [0.1, 0.15) is 0 Å². The number of fused-ring (bicyclic) bond motifs is 9. The smallest absolute Gasteiger partial charge is 0.310 e. The van der Waals surface area contributed by atoms with Crippen molar-refractivity contribution in [3.05, 3.63) is 192 Å². The summed E-state index contributed by atoms with van der Waals surface area (Å²) in [7, 11) is 0.376. The Kier molecular flexibility index (Phi) is 9.02. The second kappa shape index (κ2) is 14.3. The van der Waals surface area contributed by atoms with Gasteiger partial charge >= 0.3 is 7.48 Å². The molecule has 10 rings (SSSR count). The average Bonchev–Trinajstić information content (AvgIpc) is 3.57. The van der Waals surface area contributed by atoms with Crippen molar-refractivity contribution in [1.29, 1.82) is 0 Å². The van der Waals surface area contributed by atoms with Crippen molar-refractivity contribution >= 4 is 24.7 Å². The van der Waals surface area contributed by atoms with Crippen LogP contribution >= 0.6 is 11.8 Å². The molecule has 7 heteroatoms. The lowest BCUT2D eigenvalue weighted by Crippen LogP contribution is -2.49. The molecule has 0 amide bonds. The highest BCUT2D eigenvalue weighted by Gasteiger charge is 2.51. The van der Waals surface area contributed by atoms with Crippen LogP contribution in [-0.2, 0) is 10.1 Å². The van der Waals surface area contributed by atoms with Gasteiger partial charge in [-0.05, 0) is 83.7 Å². The van der Waals surface area contributed by atoms with Crippen LogP contribution in [-0.4, -0.2) is 38.7 Å². The van der Waals surface area contributed by atoms with Crippen LogP contribution in [0.1, 0.15) is 49.9 Å². The van der Waals surface area contributed by atoms with E-state index in [9.17, 15) is 5.11 Å². The molecule has 1 aromatic heterocycles. The molecule has 59 heavy (non-hydrogen) atoms. The van der Waals surface area contributed by atoms with Crippen molar-refractivity contribution in [2.45, 2.75) is 54.1 Å². The van der Waals surface area contributed by atoms with Crippen LogP contribution in [0.15, 0.2) is 180 Å². The Bertz CT molecular complexity index is 2820. The minimum Gasteiger partial charge on any atom is -0.427 e. The van der Waals surface area contributed by atoms with E-state index >= 15 is 0 Å². The Balaban J connectivity index is 1.11. The molecular weight excluding hydrogens is 741 g/mol. The normalized spacial score (nSPS) is 15.3. The summed E-state index contributed by atoms with van der Waals surface area (Å²) < 4.78 is 6.54. The van der Waals surface area contributed by atoms with Gasteiger partial charge in [0.15, 0.2) is 17.5 Å². The Morgan fingerprint density at radius 1 is 0.492 bits per heavy atom. The van der Waals surface area contributed by atoms with Gasteiger partial charge in [0.2, 0.25) is 0 Å². The van der Waals surface area contributed by atoms with Crippen LogP contribution in [0.25, 0.3) is 56.4 Å². The molecule has 286 valence electrons. The summed E-state index contributed by atoms with van der Waals surface area (Å²) in [5.41, 5.74) is 11.4. The number of nitrogens with zero attached hydrogens (tertiary/aromatic N) is 3. The maximum atomic E-state index is 11.0. The molecule has 8 aromatic rings. The molecule has 1 spiro atoms. The van der Waals surface area contributed by atoms with Gasteiger partial charge in [0.05, 0.1) is 16.6 Å². The van der Waals surface area contributed by atoms with Gasteiger partial charge in [-0.1, -0.05) is 176 Å². The van der Waals surface area contributed by atoms with E-state index in [-0.39, 0.29) is 0 Å². The van der Waals surface area contributed by atoms with E-state index in [2.05, 4.69) is 109 Å². The van der Waals surface area contributed by atoms with Crippen LogP contribution in [0, 0.1) is 0 Å². The second-order valence-electron chi connectivity index (χ2n) is 16.4. The Morgan fingerprint density at radius 2 is 0.983 bits per heavy atom. The fraction of sp³-hybridized carbons (Fsp3) is 0.135. The topological polar surface area (TPSA) is 68.1 Å². The van der Waals surface area contributed by atoms with Gasteiger partial charge in [-0.15, -0.1) is 0 Å². The predicted molar refractivity (Wildman–Crippen MR) is 241 cm³/mol. The number of aliphatic hydroxyl groups is 1. The Labute approximate surface area is 350 Å². The second-order valence-corrected chi connectivity index (χ2v) is 17.4. The molecule has 7 aromatic carbocycles. The van der Waals surface area contributed by atoms with Crippen LogP contribution in [0.3, 0.4) is 0 Å². The van der Waals surface area contributed by atoms with Gasteiger partial charge in [-0.2, -0.15) is 0 Å². The van der Waals surface area contributed by atoms with Crippen molar-refractivity contribution < 1.29 is 9.76 Å². The molecule has 1 unspecified atom stereocenters. The van der Waals surface area contributed by atoms with Crippen LogP contribution in [0.4, 0.5) is 0 Å². The SMILES string of the molecule is CC(C)(O)C(C)(C)OBc1cccc2c1-c1ccccc1C21c2ccccc2Sc2c(-c3ccc(-c4nc(-c5ccccc5)nc(-c5ccccc5)n4)cc3)cccc21. The number of rotatable bonds is 8. The van der Waals surface area contributed by atoms with Gasteiger partial charge in [0.25, 0.3) is 0 Å². The standard InChI is InChI=1S/C52H42BN3O2S/c1-50(2,57)51(3,4)58-53-43-27-16-25-41-45(43)38-21-11-12-23-39(38)52(41)40-24-13-14-28-44(40)59-46-37(22-15-26-42(46)52)33-29-31-36(32-30-33)49-55-47(34-17-7-5-8-18-34)54-48(56-49)35-19-9-6-10-20-35/h5-32,53,57H,1-4H3. The first-order chi connectivity index (χ1) is 28.6. The molecule has 0 bridgehead atoms. The third kappa shape index (κ3) is 6.15. The molecule has 2 aliphatic rings. The molecule has 0 radical (unpaired) electrons. The summed E-state index contributed by atoms with van der Waals surface area (Å²) in [5, 5.41) is 11.0. The first kappa shape index (κ1) is 37.2. The van der Waals surface area contributed by atoms with E-state index in [4.69, 9.17) is 19.6 Å². The average molecular weight is 784 g/mol. The van der Waals surface area contributed by atoms with Crippen molar-refractivity contribution in [1.82, 2.24) is 15.0 Å². The highest BCUT2D eigenvalue weighted by molar-refractivity contribution is 7.99. The van der Waals surface area contributed by atoms with Crippen LogP contribution < -0.4 is 5.46 Å². The molecule has 5 nitrogen and oxygen atoms in total. The van der Waals surface area contributed by atoms with Gasteiger partial charge in [-0.3, -0.25) is 0 Å². The molecule has 1 N–H and O–H groups in total. The van der Waals surface area contributed by atoms with Gasteiger partial charge in [-0.25, -0.2) is 15.0 Å². The van der Waals surface area contributed by atoms with Gasteiger partial charge < -0.3 is 9.76 Å². The molecule has 1 aliphatic heterocycles. The van der Waals surface area contributed by atoms with Crippen molar-refractivity contribution in [2.75, 3.05) is 0 Å². The zero-order valence-electron chi connectivity index (χ0n) is 33.5. The van der Waals surface area contributed by atoms with E-state index in [0.29, 0.717) is 25.0 Å². The van der Waals surface area contributed by atoms with Crippen molar-refractivity contribution in [3.8, 4) is 56.4 Å². The summed E-state index contributed by atoms with van der Waals surface area (Å²) in [6.07, 6.45) is 0. The Morgan fingerprint density at radius 3 is 1.63 bits per heavy atom. The predicted octanol–water partition coefficient (Wildman–Crippen LogP) is 10.9. The number of benzene rings is 7. The molecule has 0 saturated heterocycles. The molecule has 0 fully saturated rings. The molecule has 2 heterocycles. The van der Waals surface area contributed by atoms with Crippen LogP contribution in [0.2, 0.25) is 0 Å². The fourth-order valence-electron chi connectivity index (χ4n) is 8.57. The Hall–Kier alpha value is -6.12. The lowest BCUT2D eigenvalue weighted by Gasteiger charge is -2.40. The molecule has 1 atom stereocenters. The number of hydrogen-bond donors (Lipinski definition) is 1. The largest absolute Gasteiger partial charge is 0.427 e.